The molecule has 2 amide bonds. The van der Waals surface area contributed by atoms with E-state index in [-0.39, 0.29) is 11.8 Å². The number of rotatable bonds is 7. The molecule has 1 aromatic heterocycles. The van der Waals surface area contributed by atoms with Crippen molar-refractivity contribution in [3.8, 4) is 0 Å². The van der Waals surface area contributed by atoms with Crippen molar-refractivity contribution in [2.75, 3.05) is 6.54 Å². The molecule has 0 aliphatic carbocycles. The number of ether oxygens (including phenoxy) is 1. The zero-order valence-corrected chi connectivity index (χ0v) is 18.3. The molecule has 1 rings (SSSR count). The maximum Gasteiger partial charge on any atom is 0.407 e. The molecule has 154 valence electrons. The monoisotopic (exact) mass is 380 g/mol. The number of alkyl carbamates (subject to hydrolysis) is 1. The number of hydrogen-bond acceptors (Lipinski definition) is 4. The van der Waals surface area contributed by atoms with E-state index < -0.39 is 17.2 Å². The Bertz CT molecular complexity index is 670. The third-order valence-electron chi connectivity index (χ3n) is 5.10. The molecule has 1 atom stereocenters. The predicted octanol–water partition coefficient (Wildman–Crippen LogP) is 3.34. The molecule has 1 aromatic rings. The second-order valence-corrected chi connectivity index (χ2v) is 8.26. The Labute approximate surface area is 163 Å². The highest BCUT2D eigenvalue weighted by atomic mass is 16.6. The second kappa shape index (κ2) is 8.76. The summed E-state index contributed by atoms with van der Waals surface area (Å²) in [6.45, 7) is 15.6. The zero-order valence-electron chi connectivity index (χ0n) is 18.3. The number of carbonyl (C=O) groups excluding carboxylic acids is 2. The predicted molar refractivity (Wildman–Crippen MR) is 107 cm³/mol. The van der Waals surface area contributed by atoms with Crippen molar-refractivity contribution in [1.29, 1.82) is 0 Å². The van der Waals surface area contributed by atoms with Gasteiger partial charge < -0.3 is 15.4 Å². The van der Waals surface area contributed by atoms with Gasteiger partial charge in [-0.1, -0.05) is 13.8 Å². The molecule has 0 radical (unpaired) electrons. The van der Waals surface area contributed by atoms with Gasteiger partial charge in [0.15, 0.2) is 0 Å². The van der Waals surface area contributed by atoms with Crippen molar-refractivity contribution in [3.05, 3.63) is 17.0 Å². The molecule has 2 N–H and O–H groups in total. The van der Waals surface area contributed by atoms with E-state index in [9.17, 15) is 9.59 Å². The van der Waals surface area contributed by atoms with Crippen molar-refractivity contribution in [3.63, 3.8) is 0 Å². The number of nitrogens with zero attached hydrogens (tertiary/aromatic N) is 2. The lowest BCUT2D eigenvalue weighted by atomic mass is 9.90. The van der Waals surface area contributed by atoms with Gasteiger partial charge in [0.25, 0.3) is 0 Å². The van der Waals surface area contributed by atoms with Gasteiger partial charge in [0.2, 0.25) is 5.91 Å². The van der Waals surface area contributed by atoms with E-state index in [1.54, 1.807) is 4.68 Å². The lowest BCUT2D eigenvalue weighted by molar-refractivity contribution is -0.124. The van der Waals surface area contributed by atoms with Crippen molar-refractivity contribution < 1.29 is 14.3 Å². The minimum Gasteiger partial charge on any atom is -0.444 e. The molecule has 7 nitrogen and oxygen atoms in total. The van der Waals surface area contributed by atoms with E-state index in [2.05, 4.69) is 15.7 Å². The van der Waals surface area contributed by atoms with Crippen LogP contribution < -0.4 is 10.6 Å². The number of amides is 2. The number of aromatic nitrogens is 2. The van der Waals surface area contributed by atoms with Crippen molar-refractivity contribution in [2.24, 2.45) is 7.05 Å². The number of nitrogens with one attached hydrogen (secondary N) is 2. The first-order valence-corrected chi connectivity index (χ1v) is 9.64. The van der Waals surface area contributed by atoms with Crippen LogP contribution in [0.5, 0.6) is 0 Å². The fourth-order valence-electron chi connectivity index (χ4n) is 3.19. The topological polar surface area (TPSA) is 85.2 Å². The first-order valence-electron chi connectivity index (χ1n) is 9.64. The normalized spacial score (nSPS) is 13.2. The van der Waals surface area contributed by atoms with Gasteiger partial charge in [-0.05, 0) is 54.4 Å². The zero-order chi connectivity index (χ0) is 21.0. The van der Waals surface area contributed by atoms with E-state index in [0.717, 1.165) is 17.0 Å². The van der Waals surface area contributed by atoms with Crippen LogP contribution in [0.3, 0.4) is 0 Å². The Morgan fingerprint density at radius 2 is 1.74 bits per heavy atom. The largest absolute Gasteiger partial charge is 0.444 e. The average Bonchev–Trinajstić information content (AvgIpc) is 2.81. The van der Waals surface area contributed by atoms with Gasteiger partial charge in [0, 0.05) is 24.8 Å². The van der Waals surface area contributed by atoms with E-state index in [0.29, 0.717) is 19.4 Å². The Morgan fingerprint density at radius 1 is 1.19 bits per heavy atom. The molecule has 0 aromatic carbocycles. The van der Waals surface area contributed by atoms with Gasteiger partial charge in [-0.25, -0.2) is 4.79 Å². The molecular formula is C20H36N4O3. The molecule has 0 aliphatic heterocycles. The van der Waals surface area contributed by atoms with Gasteiger partial charge in [-0.15, -0.1) is 0 Å². The Kier molecular flexibility index (Phi) is 7.46. The van der Waals surface area contributed by atoms with Crippen LogP contribution in [0, 0.1) is 13.8 Å². The maximum absolute atomic E-state index is 13.0. The average molecular weight is 381 g/mol. The van der Waals surface area contributed by atoms with E-state index in [1.165, 1.54) is 0 Å². The lowest BCUT2D eigenvalue weighted by Crippen LogP contribution is -2.56. The minimum atomic E-state index is -0.557. The smallest absolute Gasteiger partial charge is 0.407 e. The second-order valence-electron chi connectivity index (χ2n) is 8.26. The summed E-state index contributed by atoms with van der Waals surface area (Å²) in [4.78, 5) is 25.0. The SMILES string of the molecule is CCC(CC)(CNC(=O)OC(C)(C)C)NC(=O)C(C)c1c(C)nn(C)c1C. The lowest BCUT2D eigenvalue weighted by Gasteiger charge is -2.34. The summed E-state index contributed by atoms with van der Waals surface area (Å²) < 4.78 is 7.10. The summed E-state index contributed by atoms with van der Waals surface area (Å²) in [5.41, 5.74) is 1.73. The van der Waals surface area contributed by atoms with Gasteiger partial charge >= 0.3 is 6.09 Å². The third-order valence-corrected chi connectivity index (χ3v) is 5.10. The highest BCUT2D eigenvalue weighted by Gasteiger charge is 2.32. The van der Waals surface area contributed by atoms with Gasteiger partial charge in [0.1, 0.15) is 5.60 Å². The molecular weight excluding hydrogens is 344 g/mol. The molecule has 1 unspecified atom stereocenters. The molecule has 1 heterocycles. The molecule has 0 fully saturated rings. The fraction of sp³-hybridized carbons (Fsp3) is 0.750. The summed E-state index contributed by atoms with van der Waals surface area (Å²) >= 11 is 0. The van der Waals surface area contributed by atoms with Gasteiger partial charge in [-0.2, -0.15) is 5.10 Å². The molecule has 0 bridgehead atoms. The number of hydrogen-bond donors (Lipinski definition) is 2. The van der Waals surface area contributed by atoms with Crippen LogP contribution in [-0.4, -0.2) is 39.5 Å². The quantitative estimate of drug-likeness (QED) is 0.760. The van der Waals surface area contributed by atoms with Crippen LogP contribution in [0.25, 0.3) is 0 Å². The maximum atomic E-state index is 13.0. The van der Waals surface area contributed by atoms with Crippen LogP contribution >= 0.6 is 0 Å². The van der Waals surface area contributed by atoms with Crippen LogP contribution in [0.15, 0.2) is 0 Å². The summed E-state index contributed by atoms with van der Waals surface area (Å²) in [5, 5.41) is 10.4. The van der Waals surface area contributed by atoms with Crippen LogP contribution in [0.1, 0.15) is 77.3 Å². The van der Waals surface area contributed by atoms with Crippen molar-refractivity contribution in [2.45, 2.75) is 85.3 Å². The van der Waals surface area contributed by atoms with Crippen molar-refractivity contribution in [1.82, 2.24) is 20.4 Å². The Morgan fingerprint density at radius 3 is 2.15 bits per heavy atom. The number of aryl methyl sites for hydroxylation is 2. The molecule has 0 saturated carbocycles. The van der Waals surface area contributed by atoms with Crippen LogP contribution in [0.4, 0.5) is 4.79 Å². The van der Waals surface area contributed by atoms with Gasteiger partial charge in [-0.3, -0.25) is 9.48 Å². The van der Waals surface area contributed by atoms with E-state index in [1.807, 2.05) is 62.4 Å². The van der Waals surface area contributed by atoms with E-state index in [4.69, 9.17) is 4.74 Å². The first-order chi connectivity index (χ1) is 12.4. The first kappa shape index (κ1) is 23.0. The van der Waals surface area contributed by atoms with Crippen molar-refractivity contribution >= 4 is 12.0 Å². The molecule has 0 aliphatic rings. The Balaban J connectivity index is 2.88. The van der Waals surface area contributed by atoms with Crippen LogP contribution in [-0.2, 0) is 16.6 Å². The molecule has 7 heteroatoms. The summed E-state index contributed by atoms with van der Waals surface area (Å²) in [6.07, 6.45) is 0.918. The number of carbonyl (C=O) groups is 2. The molecule has 27 heavy (non-hydrogen) atoms. The summed E-state index contributed by atoms with van der Waals surface area (Å²) in [7, 11) is 1.88. The van der Waals surface area contributed by atoms with Crippen LogP contribution in [0.2, 0.25) is 0 Å². The standard InChI is InChI=1S/C20H36N4O3/c1-10-20(11-2,12-21-18(26)27-19(6,7)8)22-17(25)13(3)16-14(4)23-24(9)15(16)5/h13H,10-12H2,1-9H3,(H,21,26)(H,22,25). The summed E-state index contributed by atoms with van der Waals surface area (Å²) in [5.74, 6) is -0.387. The minimum absolute atomic E-state index is 0.0658. The van der Waals surface area contributed by atoms with E-state index >= 15 is 0 Å². The fourth-order valence-corrected chi connectivity index (χ4v) is 3.19. The molecule has 0 spiro atoms. The Hall–Kier alpha value is -2.05. The third kappa shape index (κ3) is 5.97. The summed E-state index contributed by atoms with van der Waals surface area (Å²) in [6, 6.07) is 0. The van der Waals surface area contributed by atoms with Gasteiger partial charge in [0.05, 0.1) is 17.2 Å². The highest BCUT2D eigenvalue weighted by molar-refractivity contribution is 5.84. The molecule has 0 saturated heterocycles. The highest BCUT2D eigenvalue weighted by Crippen LogP contribution is 2.25.